The van der Waals surface area contributed by atoms with Gasteiger partial charge in [0.15, 0.2) is 0 Å². The van der Waals surface area contributed by atoms with Crippen LogP contribution in [0.4, 0.5) is 4.79 Å². The third-order valence-corrected chi connectivity index (χ3v) is 4.02. The average molecular weight is 327 g/mol. The zero-order valence-corrected chi connectivity index (χ0v) is 14.1. The van der Waals surface area contributed by atoms with Gasteiger partial charge >= 0.3 is 46.0 Å². The van der Waals surface area contributed by atoms with Gasteiger partial charge < -0.3 is 12.1 Å². The fourth-order valence-electron chi connectivity index (χ4n) is 2.70. The molecule has 3 N–H and O–H groups in total. The zero-order valence-electron chi connectivity index (χ0n) is 12.3. The van der Waals surface area contributed by atoms with Gasteiger partial charge in [0.25, 0.3) is 0 Å². The molecule has 2 bridgehead atoms. The Kier molecular flexibility index (Phi) is 4.40. The molecule has 3 rings (SSSR count). The summed E-state index contributed by atoms with van der Waals surface area (Å²) in [5.41, 5.74) is 6.03. The third-order valence-electron chi connectivity index (χ3n) is 3.67. The molecule has 1 aliphatic carbocycles. The molecule has 0 aromatic rings. The maximum atomic E-state index is 12.1. The fourth-order valence-corrected chi connectivity index (χ4v) is 3.07. The molecule has 0 spiro atoms. The summed E-state index contributed by atoms with van der Waals surface area (Å²) < 4.78 is 34.8. The Bertz CT molecular complexity index is 622. The Balaban J connectivity index is 0.00000121. The molecule has 3 amide bonds. The molecule has 21 heavy (non-hydrogen) atoms. The fraction of sp³-hybridized carbons (Fsp3) is 0.600. The van der Waals surface area contributed by atoms with Gasteiger partial charge in [-0.25, -0.2) is 4.79 Å². The number of nitrogens with zero attached hydrogens (tertiary/aromatic N) is 2. The predicted molar refractivity (Wildman–Crippen MR) is 65.3 cm³/mol. The summed E-state index contributed by atoms with van der Waals surface area (Å²) in [6, 6.07) is -2.33. The van der Waals surface area contributed by atoms with Crippen LogP contribution in [0.25, 0.3) is 0 Å². The summed E-state index contributed by atoms with van der Waals surface area (Å²) in [6.07, 6.45) is 3.41. The summed E-state index contributed by atoms with van der Waals surface area (Å²) in [5.74, 6) is -0.494. The van der Waals surface area contributed by atoms with E-state index >= 15 is 0 Å². The van der Waals surface area contributed by atoms with Crippen LogP contribution >= 0.6 is 0 Å². The molecule has 112 valence electrons. The summed E-state index contributed by atoms with van der Waals surface area (Å²) >= 11 is 0. The number of nitrogens with two attached hydrogens (primary N) is 1. The maximum Gasteiger partial charge on any atom is 1.00 e. The quantitative estimate of drug-likeness (QED) is 0.309. The first-order valence-electron chi connectivity index (χ1n) is 6.05. The number of fused-ring (bicyclic) bond motifs is 2. The minimum absolute atomic E-state index is 0. The van der Waals surface area contributed by atoms with Crippen molar-refractivity contribution in [2.45, 2.75) is 24.9 Å². The molecule has 0 unspecified atom stereocenters. The van der Waals surface area contributed by atoms with Gasteiger partial charge in [-0.3, -0.25) is 9.35 Å². The van der Waals surface area contributed by atoms with Crippen molar-refractivity contribution in [1.82, 2.24) is 9.96 Å². The number of hydrogen-bond acceptors (Lipinski definition) is 5. The maximum absolute atomic E-state index is 12.1. The molecule has 11 heteroatoms. The average Bonchev–Trinajstić information content (AvgIpc) is 3.13. The standard InChI is InChI=1S/C10H13N3O6S.Na.H/c11-9(14)7-3-6(5-1-2-5)8-4-12(7)10(15)13(8)19-20(16,17)18;;/h3,5,7-8H,1-2,4H2,(H2,11,14)(H,16,17,18);;/q;+1;-1/t7-,8-;;/m0../s1. The molecule has 1 saturated heterocycles. The van der Waals surface area contributed by atoms with Gasteiger partial charge in [-0.15, -0.1) is 4.28 Å². The SMILES string of the molecule is NC(=O)[C@@H]1C=C(C2CC2)[C@@H]2CN1C(=O)N2OS(=O)(=O)O.[H-].[Na+]. The van der Waals surface area contributed by atoms with Crippen molar-refractivity contribution >= 4 is 22.3 Å². The predicted octanol–water partition coefficient (Wildman–Crippen LogP) is -3.85. The molecule has 3 aliphatic rings. The topological polar surface area (TPSA) is 130 Å². The van der Waals surface area contributed by atoms with E-state index in [1.165, 1.54) is 0 Å². The first-order chi connectivity index (χ1) is 9.28. The van der Waals surface area contributed by atoms with Crippen LogP contribution in [-0.4, -0.2) is 53.5 Å². The van der Waals surface area contributed by atoms with Crippen LogP contribution < -0.4 is 35.3 Å². The summed E-state index contributed by atoms with van der Waals surface area (Å²) in [7, 11) is -4.81. The van der Waals surface area contributed by atoms with E-state index in [0.29, 0.717) is 5.06 Å². The molecule has 0 radical (unpaired) electrons. The van der Waals surface area contributed by atoms with Gasteiger partial charge in [-0.1, -0.05) is 6.08 Å². The van der Waals surface area contributed by atoms with Gasteiger partial charge in [0, 0.05) is 0 Å². The van der Waals surface area contributed by atoms with Crippen LogP contribution in [-0.2, 0) is 19.5 Å². The van der Waals surface area contributed by atoms with Crippen LogP contribution in [0.5, 0.6) is 0 Å². The number of hydrogen-bond donors (Lipinski definition) is 2. The minimum Gasteiger partial charge on any atom is -1.00 e. The van der Waals surface area contributed by atoms with Gasteiger partial charge in [-0.05, 0) is 24.3 Å². The molecule has 2 heterocycles. The molecule has 9 nitrogen and oxygen atoms in total. The number of carbonyl (C=O) groups is 2. The van der Waals surface area contributed by atoms with Crippen molar-refractivity contribution in [3.63, 3.8) is 0 Å². The number of carbonyl (C=O) groups excluding carboxylic acids is 2. The Hall–Kier alpha value is -0.650. The van der Waals surface area contributed by atoms with Crippen LogP contribution in [0.2, 0.25) is 0 Å². The monoisotopic (exact) mass is 327 g/mol. The molecule has 2 fully saturated rings. The molecule has 2 atom stereocenters. The normalized spacial score (nSPS) is 28.2. The van der Waals surface area contributed by atoms with E-state index in [9.17, 15) is 18.0 Å². The van der Waals surface area contributed by atoms with Crippen LogP contribution in [0.15, 0.2) is 11.6 Å². The Morgan fingerprint density at radius 3 is 2.57 bits per heavy atom. The molecule has 1 saturated carbocycles. The van der Waals surface area contributed by atoms with E-state index in [1.54, 1.807) is 6.08 Å². The van der Waals surface area contributed by atoms with E-state index in [1.807, 2.05) is 0 Å². The first-order valence-corrected chi connectivity index (χ1v) is 7.42. The van der Waals surface area contributed by atoms with Crippen molar-refractivity contribution in [1.29, 1.82) is 0 Å². The Labute approximate surface area is 144 Å². The van der Waals surface area contributed by atoms with E-state index < -0.39 is 34.4 Å². The van der Waals surface area contributed by atoms with Gasteiger partial charge in [-0.2, -0.15) is 13.5 Å². The van der Waals surface area contributed by atoms with Gasteiger partial charge in [0.2, 0.25) is 5.91 Å². The second-order valence-electron chi connectivity index (χ2n) is 5.07. The van der Waals surface area contributed by atoms with Crippen LogP contribution in [0.1, 0.15) is 14.3 Å². The molecular formula is C10H14N3NaO6S. The van der Waals surface area contributed by atoms with Crippen molar-refractivity contribution < 1.29 is 57.8 Å². The number of hydroxylamine groups is 2. The summed E-state index contributed by atoms with van der Waals surface area (Å²) in [5, 5.41) is 0.600. The number of primary amides is 1. The minimum atomic E-state index is -4.81. The molecule has 0 aromatic heterocycles. The second-order valence-corrected chi connectivity index (χ2v) is 6.07. The second kappa shape index (κ2) is 5.52. The summed E-state index contributed by atoms with van der Waals surface area (Å²) in [4.78, 5) is 24.6. The van der Waals surface area contributed by atoms with Crippen molar-refractivity contribution in [2.24, 2.45) is 11.7 Å². The van der Waals surface area contributed by atoms with Gasteiger partial charge in [0.1, 0.15) is 12.1 Å². The van der Waals surface area contributed by atoms with E-state index in [0.717, 1.165) is 23.3 Å². The smallest absolute Gasteiger partial charge is 1.00 e. The first kappa shape index (κ1) is 16.7. The molecule has 2 aliphatic heterocycles. The van der Waals surface area contributed by atoms with E-state index in [-0.39, 0.29) is 43.4 Å². The largest absolute Gasteiger partial charge is 1.00 e. The molecular weight excluding hydrogens is 313 g/mol. The van der Waals surface area contributed by atoms with Gasteiger partial charge in [0.05, 0.1) is 6.54 Å². The van der Waals surface area contributed by atoms with Crippen molar-refractivity contribution in [3.05, 3.63) is 11.6 Å². The number of amides is 3. The van der Waals surface area contributed by atoms with Crippen molar-refractivity contribution in [2.75, 3.05) is 6.54 Å². The third kappa shape index (κ3) is 3.10. The summed E-state index contributed by atoms with van der Waals surface area (Å²) in [6.45, 7) is 0.115. The van der Waals surface area contributed by atoms with Crippen LogP contribution in [0.3, 0.4) is 0 Å². The Morgan fingerprint density at radius 2 is 2.10 bits per heavy atom. The van der Waals surface area contributed by atoms with E-state index in [2.05, 4.69) is 4.28 Å². The number of rotatable bonds is 4. The van der Waals surface area contributed by atoms with Crippen molar-refractivity contribution in [3.8, 4) is 0 Å². The zero-order chi connectivity index (χ0) is 14.7. The Morgan fingerprint density at radius 1 is 1.48 bits per heavy atom. The number of urea groups is 1. The molecule has 0 aromatic carbocycles. The van der Waals surface area contributed by atoms with Crippen LogP contribution in [0, 0.1) is 5.92 Å². The van der Waals surface area contributed by atoms with E-state index in [4.69, 9.17) is 10.3 Å².